The number of nitrogens with zero attached hydrogens (tertiary/aromatic N) is 1. The molecule has 0 aliphatic rings. The van der Waals surface area contributed by atoms with Crippen molar-refractivity contribution in [1.82, 2.24) is 10.2 Å². The number of phenolic OH excluding ortho intramolecular Hbond substituents is 1. The molecule has 0 aliphatic carbocycles. The van der Waals surface area contributed by atoms with Crippen LogP contribution in [0.1, 0.15) is 37.0 Å². The summed E-state index contributed by atoms with van der Waals surface area (Å²) in [6.45, 7) is 5.94. The van der Waals surface area contributed by atoms with Crippen molar-refractivity contribution in [2.24, 2.45) is 0 Å². The molecule has 0 atom stereocenters. The Labute approximate surface area is 125 Å². The maximum absolute atomic E-state index is 11.9. The van der Waals surface area contributed by atoms with Crippen molar-refractivity contribution in [1.29, 1.82) is 0 Å². The Morgan fingerprint density at radius 2 is 2.10 bits per heavy atom. The molecule has 0 unspecified atom stereocenters. The van der Waals surface area contributed by atoms with Gasteiger partial charge in [0.1, 0.15) is 5.75 Å². The maximum atomic E-state index is 11.9. The molecule has 0 fully saturated rings. The van der Waals surface area contributed by atoms with E-state index in [0.717, 1.165) is 19.4 Å². The van der Waals surface area contributed by atoms with Gasteiger partial charge in [-0.1, -0.05) is 11.6 Å². The summed E-state index contributed by atoms with van der Waals surface area (Å²) in [5.74, 6) is -0.207. The van der Waals surface area contributed by atoms with Gasteiger partial charge in [0.2, 0.25) is 0 Å². The topological polar surface area (TPSA) is 52.6 Å². The monoisotopic (exact) mass is 298 g/mol. The Morgan fingerprint density at radius 3 is 2.75 bits per heavy atom. The largest absolute Gasteiger partial charge is 0.508 e. The predicted octanol–water partition coefficient (Wildman–Crippen LogP) is 2.90. The van der Waals surface area contributed by atoms with Crippen LogP contribution in [0.25, 0.3) is 0 Å². The summed E-state index contributed by atoms with van der Waals surface area (Å²) in [5.41, 5.74) is 0.311. The predicted molar refractivity (Wildman–Crippen MR) is 82.5 cm³/mol. The SMILES string of the molecule is CC(C)N(C)CCCCNC(=O)c1cc(O)ccc1Cl. The minimum atomic E-state index is -0.247. The summed E-state index contributed by atoms with van der Waals surface area (Å²) in [6, 6.07) is 4.89. The number of nitrogens with one attached hydrogen (secondary N) is 1. The minimum Gasteiger partial charge on any atom is -0.508 e. The summed E-state index contributed by atoms with van der Waals surface area (Å²) >= 11 is 5.93. The Hall–Kier alpha value is -1.26. The molecule has 0 spiro atoms. The van der Waals surface area contributed by atoms with E-state index >= 15 is 0 Å². The fraction of sp³-hybridized carbons (Fsp3) is 0.533. The second-order valence-electron chi connectivity index (χ2n) is 5.20. The third-order valence-electron chi connectivity index (χ3n) is 3.30. The molecule has 4 nitrogen and oxygen atoms in total. The van der Waals surface area contributed by atoms with E-state index in [4.69, 9.17) is 11.6 Å². The van der Waals surface area contributed by atoms with Crippen molar-refractivity contribution in [3.05, 3.63) is 28.8 Å². The van der Waals surface area contributed by atoms with Gasteiger partial charge in [0.15, 0.2) is 0 Å². The summed E-state index contributed by atoms with van der Waals surface area (Å²) < 4.78 is 0. The van der Waals surface area contributed by atoms with Crippen LogP contribution in [0.15, 0.2) is 18.2 Å². The second-order valence-corrected chi connectivity index (χ2v) is 5.61. The van der Waals surface area contributed by atoms with E-state index in [1.165, 1.54) is 18.2 Å². The smallest absolute Gasteiger partial charge is 0.252 e. The Bertz CT molecular complexity index is 449. The summed E-state index contributed by atoms with van der Waals surface area (Å²) in [5, 5.41) is 12.5. The molecule has 0 saturated heterocycles. The van der Waals surface area contributed by atoms with E-state index < -0.39 is 0 Å². The van der Waals surface area contributed by atoms with Crippen LogP contribution in [0, 0.1) is 0 Å². The summed E-state index contributed by atoms with van der Waals surface area (Å²) in [7, 11) is 2.09. The molecule has 0 aromatic heterocycles. The van der Waals surface area contributed by atoms with Crippen LogP contribution in [0.2, 0.25) is 5.02 Å². The van der Waals surface area contributed by atoms with E-state index in [1.807, 2.05) is 0 Å². The highest BCUT2D eigenvalue weighted by atomic mass is 35.5. The van der Waals surface area contributed by atoms with Gasteiger partial charge in [-0.3, -0.25) is 4.79 Å². The van der Waals surface area contributed by atoms with E-state index in [-0.39, 0.29) is 11.7 Å². The van der Waals surface area contributed by atoms with Crippen LogP contribution in [0.3, 0.4) is 0 Å². The zero-order valence-electron chi connectivity index (χ0n) is 12.3. The van der Waals surface area contributed by atoms with Crippen LogP contribution in [-0.2, 0) is 0 Å². The van der Waals surface area contributed by atoms with Gasteiger partial charge in [-0.05, 0) is 58.5 Å². The number of hydrogen-bond donors (Lipinski definition) is 2. The molecule has 1 rings (SSSR count). The first-order valence-corrected chi connectivity index (χ1v) is 7.26. The van der Waals surface area contributed by atoms with E-state index in [1.54, 1.807) is 0 Å². The molecule has 0 heterocycles. The average molecular weight is 299 g/mol. The van der Waals surface area contributed by atoms with Crippen molar-refractivity contribution in [2.75, 3.05) is 20.1 Å². The van der Waals surface area contributed by atoms with Crippen molar-refractivity contribution >= 4 is 17.5 Å². The fourth-order valence-electron chi connectivity index (χ4n) is 1.73. The van der Waals surface area contributed by atoms with Crippen LogP contribution < -0.4 is 5.32 Å². The van der Waals surface area contributed by atoms with Gasteiger partial charge >= 0.3 is 0 Å². The van der Waals surface area contributed by atoms with Crippen molar-refractivity contribution in [2.45, 2.75) is 32.7 Å². The van der Waals surface area contributed by atoms with Gasteiger partial charge in [0.05, 0.1) is 10.6 Å². The average Bonchev–Trinajstić information content (AvgIpc) is 2.40. The Kier molecular flexibility index (Phi) is 6.82. The lowest BCUT2D eigenvalue weighted by Gasteiger charge is -2.20. The molecule has 5 heteroatoms. The Balaban J connectivity index is 2.32. The zero-order chi connectivity index (χ0) is 15.1. The first kappa shape index (κ1) is 16.8. The van der Waals surface area contributed by atoms with Crippen molar-refractivity contribution < 1.29 is 9.90 Å². The number of hydrogen-bond acceptors (Lipinski definition) is 3. The van der Waals surface area contributed by atoms with Gasteiger partial charge in [-0.25, -0.2) is 0 Å². The number of unbranched alkanes of at least 4 members (excludes halogenated alkanes) is 1. The number of aromatic hydroxyl groups is 1. The van der Waals surface area contributed by atoms with Gasteiger partial charge in [-0.15, -0.1) is 0 Å². The highest BCUT2D eigenvalue weighted by Crippen LogP contribution is 2.20. The lowest BCUT2D eigenvalue weighted by Crippen LogP contribution is -2.29. The van der Waals surface area contributed by atoms with Gasteiger partial charge in [0, 0.05) is 12.6 Å². The standard InChI is InChI=1S/C15H23ClN2O2/c1-11(2)18(3)9-5-4-8-17-15(20)13-10-12(19)6-7-14(13)16/h6-7,10-11,19H,4-5,8-9H2,1-3H3,(H,17,20). The second kappa shape index (κ2) is 8.12. The number of carbonyl (C=O) groups is 1. The van der Waals surface area contributed by atoms with Crippen LogP contribution in [-0.4, -0.2) is 42.1 Å². The number of benzene rings is 1. The van der Waals surface area contributed by atoms with Crippen LogP contribution >= 0.6 is 11.6 Å². The molecule has 0 aliphatic heterocycles. The number of amides is 1. The molecule has 0 saturated carbocycles. The molecule has 112 valence electrons. The number of carbonyl (C=O) groups excluding carboxylic acids is 1. The molecule has 1 aromatic rings. The first-order valence-electron chi connectivity index (χ1n) is 6.88. The number of rotatable bonds is 7. The molecule has 20 heavy (non-hydrogen) atoms. The highest BCUT2D eigenvalue weighted by molar-refractivity contribution is 6.33. The normalized spacial score (nSPS) is 11.1. The molecule has 1 aromatic carbocycles. The molecule has 2 N–H and O–H groups in total. The van der Waals surface area contributed by atoms with Crippen molar-refractivity contribution in [3.63, 3.8) is 0 Å². The van der Waals surface area contributed by atoms with E-state index in [0.29, 0.717) is 23.2 Å². The van der Waals surface area contributed by atoms with E-state index in [9.17, 15) is 9.90 Å². The summed E-state index contributed by atoms with van der Waals surface area (Å²) in [4.78, 5) is 14.2. The molecular weight excluding hydrogens is 276 g/mol. The number of halogens is 1. The molecular formula is C15H23ClN2O2. The maximum Gasteiger partial charge on any atom is 0.252 e. The summed E-state index contributed by atoms with van der Waals surface area (Å²) in [6.07, 6.45) is 1.95. The fourth-order valence-corrected chi connectivity index (χ4v) is 1.93. The van der Waals surface area contributed by atoms with Crippen LogP contribution in [0.4, 0.5) is 0 Å². The van der Waals surface area contributed by atoms with Gasteiger partial charge < -0.3 is 15.3 Å². The highest BCUT2D eigenvalue weighted by Gasteiger charge is 2.10. The quantitative estimate of drug-likeness (QED) is 0.761. The Morgan fingerprint density at radius 1 is 1.40 bits per heavy atom. The minimum absolute atomic E-state index is 0.0399. The van der Waals surface area contributed by atoms with Gasteiger partial charge in [-0.2, -0.15) is 0 Å². The lowest BCUT2D eigenvalue weighted by atomic mass is 10.2. The van der Waals surface area contributed by atoms with Crippen molar-refractivity contribution in [3.8, 4) is 5.75 Å². The third-order valence-corrected chi connectivity index (χ3v) is 3.63. The lowest BCUT2D eigenvalue weighted by molar-refractivity contribution is 0.0952. The molecule has 0 radical (unpaired) electrons. The first-order chi connectivity index (χ1) is 9.41. The van der Waals surface area contributed by atoms with Crippen LogP contribution in [0.5, 0.6) is 5.75 Å². The molecule has 1 amide bonds. The number of phenols is 1. The zero-order valence-corrected chi connectivity index (χ0v) is 13.1. The third kappa shape index (κ3) is 5.39. The van der Waals surface area contributed by atoms with Gasteiger partial charge in [0.25, 0.3) is 5.91 Å². The molecule has 0 bridgehead atoms. The van der Waals surface area contributed by atoms with E-state index in [2.05, 4.69) is 31.1 Å².